The van der Waals surface area contributed by atoms with E-state index in [9.17, 15) is 4.79 Å². The van der Waals surface area contributed by atoms with Gasteiger partial charge in [0.1, 0.15) is 18.5 Å². The van der Waals surface area contributed by atoms with E-state index in [1.54, 1.807) is 0 Å². The molecule has 1 amide bonds. The van der Waals surface area contributed by atoms with Crippen LogP contribution in [-0.2, 0) is 22.6 Å². The lowest BCUT2D eigenvalue weighted by Gasteiger charge is -2.35. The van der Waals surface area contributed by atoms with Crippen LogP contribution in [0.25, 0.3) is 10.9 Å². The molecule has 2 fully saturated rings. The van der Waals surface area contributed by atoms with Gasteiger partial charge in [0.15, 0.2) is 0 Å². The molecule has 2 aromatic carbocycles. The first-order valence-electron chi connectivity index (χ1n) is 13.0. The molecule has 5 rings (SSSR count). The van der Waals surface area contributed by atoms with Gasteiger partial charge in [-0.25, -0.2) is 0 Å². The van der Waals surface area contributed by atoms with Crippen LogP contribution in [0.15, 0.2) is 60.8 Å². The van der Waals surface area contributed by atoms with Crippen molar-refractivity contribution < 1.29 is 14.3 Å². The van der Waals surface area contributed by atoms with Crippen molar-refractivity contribution in [2.45, 2.75) is 32.0 Å². The maximum Gasteiger partial charge on any atom is 0.251 e. The number of carbonyl (C=O) groups is 1. The van der Waals surface area contributed by atoms with Crippen molar-refractivity contribution in [3.8, 4) is 5.75 Å². The molecule has 1 atom stereocenters. The molecular weight excluding hydrogens is 452 g/mol. The maximum atomic E-state index is 12.5. The summed E-state index contributed by atoms with van der Waals surface area (Å²) in [6, 6.07) is 19.0. The van der Waals surface area contributed by atoms with Crippen molar-refractivity contribution in [2.75, 3.05) is 53.0 Å². The van der Waals surface area contributed by atoms with Crippen LogP contribution in [0.2, 0.25) is 0 Å². The van der Waals surface area contributed by atoms with E-state index in [4.69, 9.17) is 9.47 Å². The van der Waals surface area contributed by atoms with Crippen LogP contribution in [0.1, 0.15) is 24.0 Å². The van der Waals surface area contributed by atoms with Crippen molar-refractivity contribution in [1.29, 1.82) is 0 Å². The van der Waals surface area contributed by atoms with Gasteiger partial charge < -0.3 is 14.4 Å². The predicted molar refractivity (Wildman–Crippen MR) is 141 cm³/mol. The summed E-state index contributed by atoms with van der Waals surface area (Å²) in [6.45, 7) is 7.32. The summed E-state index contributed by atoms with van der Waals surface area (Å²) in [4.78, 5) is 23.5. The number of rotatable bonds is 9. The number of aromatic nitrogens is 1. The third-order valence-electron chi connectivity index (χ3n) is 7.06. The average molecular weight is 489 g/mol. The molecule has 2 aliphatic heterocycles. The fraction of sp³-hybridized carbons (Fsp3) is 0.448. The van der Waals surface area contributed by atoms with Crippen LogP contribution < -0.4 is 4.74 Å². The fourth-order valence-corrected chi connectivity index (χ4v) is 5.05. The number of nitrogens with zero attached hydrogens (tertiary/aromatic N) is 4. The Morgan fingerprint density at radius 3 is 2.61 bits per heavy atom. The monoisotopic (exact) mass is 488 g/mol. The Balaban J connectivity index is 1.02. The minimum absolute atomic E-state index is 0.170. The molecule has 7 heteroatoms. The number of piperazine rings is 1. The molecule has 2 saturated heterocycles. The van der Waals surface area contributed by atoms with E-state index in [0.29, 0.717) is 6.61 Å². The van der Waals surface area contributed by atoms with Crippen LogP contribution >= 0.6 is 0 Å². The third kappa shape index (κ3) is 6.40. The van der Waals surface area contributed by atoms with Gasteiger partial charge in [-0.15, -0.1) is 0 Å². The molecule has 0 aliphatic carbocycles. The smallest absolute Gasteiger partial charge is 0.251 e. The van der Waals surface area contributed by atoms with Gasteiger partial charge in [-0.1, -0.05) is 24.3 Å². The van der Waals surface area contributed by atoms with Gasteiger partial charge >= 0.3 is 0 Å². The summed E-state index contributed by atoms with van der Waals surface area (Å²) >= 11 is 0. The van der Waals surface area contributed by atoms with E-state index < -0.39 is 0 Å². The lowest BCUT2D eigenvalue weighted by molar-refractivity contribution is -0.142. The number of hydrogen-bond donors (Lipinski definition) is 0. The van der Waals surface area contributed by atoms with Gasteiger partial charge in [0, 0.05) is 64.0 Å². The minimum atomic E-state index is -0.209. The van der Waals surface area contributed by atoms with E-state index in [1.165, 1.54) is 16.5 Å². The van der Waals surface area contributed by atoms with Crippen LogP contribution in [0.5, 0.6) is 5.75 Å². The molecule has 3 aromatic rings. The molecule has 0 saturated carbocycles. The third-order valence-corrected chi connectivity index (χ3v) is 7.06. The van der Waals surface area contributed by atoms with Crippen molar-refractivity contribution in [1.82, 2.24) is 19.7 Å². The summed E-state index contributed by atoms with van der Waals surface area (Å²) in [6.07, 6.45) is 3.48. The summed E-state index contributed by atoms with van der Waals surface area (Å²) in [5.41, 5.74) is 3.58. The summed E-state index contributed by atoms with van der Waals surface area (Å²) in [5, 5.41) is 1.18. The molecular formula is C29H36N4O3. The standard InChI is InChI=1S/C29H36N4O3/c1-31(22-24-8-11-27-25(20-24)4-2-12-30-27)21-23-6-9-26(10-7-23)35-19-17-32-13-15-33(16-14-32)29(34)28-5-3-18-36-28/h2,4,6-12,20,28H,3,5,13-19,21-22H2,1H3/t28-/m0/s1. The molecule has 36 heavy (non-hydrogen) atoms. The Morgan fingerprint density at radius 2 is 1.83 bits per heavy atom. The molecule has 1 aromatic heterocycles. The fourth-order valence-electron chi connectivity index (χ4n) is 5.05. The van der Waals surface area contributed by atoms with Gasteiger partial charge in [0.2, 0.25) is 0 Å². The highest BCUT2D eigenvalue weighted by atomic mass is 16.5. The van der Waals surface area contributed by atoms with Gasteiger partial charge in [-0.3, -0.25) is 19.6 Å². The lowest BCUT2D eigenvalue weighted by atomic mass is 10.1. The lowest BCUT2D eigenvalue weighted by Crippen LogP contribution is -2.52. The number of ether oxygens (including phenoxy) is 2. The Hall–Kier alpha value is -3.00. The predicted octanol–water partition coefficient (Wildman–Crippen LogP) is 3.57. The average Bonchev–Trinajstić information content (AvgIpc) is 3.45. The first-order chi connectivity index (χ1) is 17.6. The Kier molecular flexibility index (Phi) is 8.11. The quantitative estimate of drug-likeness (QED) is 0.459. The maximum absolute atomic E-state index is 12.5. The van der Waals surface area contributed by atoms with Crippen molar-refractivity contribution in [2.24, 2.45) is 0 Å². The largest absolute Gasteiger partial charge is 0.492 e. The Morgan fingerprint density at radius 1 is 1.06 bits per heavy atom. The van der Waals surface area contributed by atoms with Crippen LogP contribution in [0.4, 0.5) is 0 Å². The SMILES string of the molecule is CN(Cc1ccc(OCCN2CCN(C(=O)[C@@H]3CCCO3)CC2)cc1)Cc1ccc2ncccc2c1. The Bertz CT molecular complexity index is 1140. The number of hydrogen-bond acceptors (Lipinski definition) is 6. The summed E-state index contributed by atoms with van der Waals surface area (Å²) in [7, 11) is 2.14. The molecule has 0 spiro atoms. The highest BCUT2D eigenvalue weighted by molar-refractivity contribution is 5.81. The molecule has 2 aliphatic rings. The zero-order chi connectivity index (χ0) is 24.7. The number of carbonyl (C=O) groups excluding carboxylic acids is 1. The second kappa shape index (κ2) is 11.8. The van der Waals surface area contributed by atoms with E-state index in [-0.39, 0.29) is 12.0 Å². The first-order valence-corrected chi connectivity index (χ1v) is 13.0. The number of benzene rings is 2. The summed E-state index contributed by atoms with van der Waals surface area (Å²) in [5.74, 6) is 1.07. The van der Waals surface area contributed by atoms with E-state index in [2.05, 4.69) is 70.4 Å². The highest BCUT2D eigenvalue weighted by Gasteiger charge is 2.30. The highest BCUT2D eigenvalue weighted by Crippen LogP contribution is 2.18. The van der Waals surface area contributed by atoms with Gasteiger partial charge in [-0.2, -0.15) is 0 Å². The van der Waals surface area contributed by atoms with Crippen molar-refractivity contribution in [3.63, 3.8) is 0 Å². The van der Waals surface area contributed by atoms with E-state index in [1.807, 2.05) is 17.2 Å². The van der Waals surface area contributed by atoms with Gasteiger partial charge in [-0.05, 0) is 61.3 Å². The molecule has 3 heterocycles. The molecule has 190 valence electrons. The second-order valence-corrected chi connectivity index (χ2v) is 9.86. The van der Waals surface area contributed by atoms with Crippen LogP contribution in [0, 0.1) is 0 Å². The van der Waals surface area contributed by atoms with E-state index in [0.717, 1.165) is 76.5 Å². The normalized spacial score (nSPS) is 18.7. The van der Waals surface area contributed by atoms with Crippen molar-refractivity contribution >= 4 is 16.8 Å². The van der Waals surface area contributed by atoms with Gasteiger partial charge in [0.25, 0.3) is 5.91 Å². The number of amides is 1. The molecule has 0 unspecified atom stereocenters. The van der Waals surface area contributed by atoms with Crippen molar-refractivity contribution in [3.05, 3.63) is 71.9 Å². The number of fused-ring (bicyclic) bond motifs is 1. The summed E-state index contributed by atoms with van der Waals surface area (Å²) < 4.78 is 11.5. The zero-order valence-corrected chi connectivity index (χ0v) is 21.1. The van der Waals surface area contributed by atoms with Gasteiger partial charge in [0.05, 0.1) is 5.52 Å². The molecule has 0 N–H and O–H groups in total. The van der Waals surface area contributed by atoms with Crippen LogP contribution in [-0.4, -0.2) is 84.7 Å². The molecule has 0 radical (unpaired) electrons. The Labute approximate surface area is 213 Å². The van der Waals surface area contributed by atoms with Crippen LogP contribution in [0.3, 0.4) is 0 Å². The minimum Gasteiger partial charge on any atom is -0.492 e. The first kappa shape index (κ1) is 24.7. The molecule has 0 bridgehead atoms. The van der Waals surface area contributed by atoms with E-state index >= 15 is 0 Å². The zero-order valence-electron chi connectivity index (χ0n) is 21.1. The molecule has 7 nitrogen and oxygen atoms in total. The number of pyridine rings is 1. The topological polar surface area (TPSA) is 58.1 Å². The second-order valence-electron chi connectivity index (χ2n) is 9.86.